The van der Waals surface area contributed by atoms with Crippen molar-refractivity contribution in [1.82, 2.24) is 0 Å². The van der Waals surface area contributed by atoms with Gasteiger partial charge in [0.15, 0.2) is 0 Å². The fourth-order valence-corrected chi connectivity index (χ4v) is 1.67. The summed E-state index contributed by atoms with van der Waals surface area (Å²) in [6.45, 7) is 0. The third-order valence-corrected chi connectivity index (χ3v) is 2.60. The molecule has 1 N–H and O–H groups in total. The van der Waals surface area contributed by atoms with E-state index in [0.717, 1.165) is 12.1 Å². The topological polar surface area (TPSA) is 62.1 Å². The monoisotopic (exact) mass is 306 g/mol. The average Bonchev–Trinajstić information content (AvgIpc) is 2.48. The Morgan fingerprint density at radius 2 is 1.82 bits per heavy atom. The molecule has 0 bridgehead atoms. The van der Waals surface area contributed by atoms with E-state index in [0.29, 0.717) is 11.3 Å². The number of halogens is 3. The van der Waals surface area contributed by atoms with Gasteiger partial charge < -0.3 is 10.1 Å². The maximum absolute atomic E-state index is 12.0. The van der Waals surface area contributed by atoms with Crippen molar-refractivity contribution >= 4 is 11.6 Å². The number of carbonyl (C=O) groups excluding carboxylic acids is 1. The third-order valence-electron chi connectivity index (χ3n) is 2.60. The maximum Gasteiger partial charge on any atom is 0.573 e. The molecule has 1 amide bonds. The summed E-state index contributed by atoms with van der Waals surface area (Å²) in [5.41, 5.74) is 0.915. The molecular formula is C15H9F3N2O2. The second-order valence-corrected chi connectivity index (χ2v) is 4.22. The van der Waals surface area contributed by atoms with Crippen molar-refractivity contribution in [1.29, 1.82) is 5.26 Å². The molecule has 112 valence electrons. The number of nitrogens with zero attached hydrogens (tertiary/aromatic N) is 1. The summed E-state index contributed by atoms with van der Waals surface area (Å²) in [4.78, 5) is 12.0. The molecule has 0 aliphatic carbocycles. The van der Waals surface area contributed by atoms with Crippen molar-refractivity contribution < 1.29 is 22.7 Å². The first-order valence-corrected chi connectivity index (χ1v) is 6.05. The summed E-state index contributed by atoms with van der Waals surface area (Å²) in [7, 11) is 0. The minimum absolute atomic E-state index is 0.273. The fraction of sp³-hybridized carbons (Fsp3) is 0.0667. The van der Waals surface area contributed by atoms with Crippen LogP contribution >= 0.6 is 0 Å². The van der Waals surface area contributed by atoms with Gasteiger partial charge in [-0.25, -0.2) is 0 Å². The van der Waals surface area contributed by atoms with Crippen LogP contribution in [0.5, 0.6) is 5.75 Å². The number of nitrogens with one attached hydrogen (secondary N) is 1. The standard InChI is InChI=1S/C15H9F3N2O2/c16-15(17,18)22-13-6-4-12(5-7-13)20-14(21)11-3-1-2-10(8-11)9-19/h1-8H,(H,20,21). The van der Waals surface area contributed by atoms with Crippen LogP contribution in [0.25, 0.3) is 0 Å². The molecule has 2 aromatic carbocycles. The zero-order valence-corrected chi connectivity index (χ0v) is 11.0. The lowest BCUT2D eigenvalue weighted by Gasteiger charge is -2.10. The molecule has 7 heteroatoms. The summed E-state index contributed by atoms with van der Waals surface area (Å²) in [6.07, 6.45) is -4.76. The van der Waals surface area contributed by atoms with Gasteiger partial charge in [0, 0.05) is 11.3 Å². The van der Waals surface area contributed by atoms with Gasteiger partial charge >= 0.3 is 6.36 Å². The summed E-state index contributed by atoms with van der Waals surface area (Å²) in [5, 5.41) is 11.3. The molecule has 0 saturated heterocycles. The molecule has 0 saturated carbocycles. The highest BCUT2D eigenvalue weighted by Crippen LogP contribution is 2.24. The van der Waals surface area contributed by atoms with E-state index in [1.165, 1.54) is 24.3 Å². The first-order chi connectivity index (χ1) is 10.4. The van der Waals surface area contributed by atoms with Crippen LogP contribution in [-0.2, 0) is 0 Å². The van der Waals surface area contributed by atoms with Crippen molar-refractivity contribution in [3.05, 3.63) is 59.7 Å². The molecule has 0 spiro atoms. The van der Waals surface area contributed by atoms with E-state index in [1.807, 2.05) is 6.07 Å². The summed E-state index contributed by atoms with van der Waals surface area (Å²) >= 11 is 0. The van der Waals surface area contributed by atoms with E-state index in [9.17, 15) is 18.0 Å². The smallest absolute Gasteiger partial charge is 0.406 e. The number of amides is 1. The van der Waals surface area contributed by atoms with E-state index in [4.69, 9.17) is 5.26 Å². The van der Waals surface area contributed by atoms with Gasteiger partial charge in [-0.15, -0.1) is 13.2 Å². The Kier molecular flexibility index (Phi) is 4.32. The van der Waals surface area contributed by atoms with Crippen LogP contribution in [0, 0.1) is 11.3 Å². The van der Waals surface area contributed by atoms with Crippen molar-refractivity contribution in [2.45, 2.75) is 6.36 Å². The molecule has 22 heavy (non-hydrogen) atoms. The van der Waals surface area contributed by atoms with Crippen molar-refractivity contribution in [3.8, 4) is 11.8 Å². The first-order valence-electron chi connectivity index (χ1n) is 6.05. The van der Waals surface area contributed by atoms with Crippen molar-refractivity contribution in [3.63, 3.8) is 0 Å². The van der Waals surface area contributed by atoms with Crippen molar-refractivity contribution in [2.75, 3.05) is 5.32 Å². The number of carbonyl (C=O) groups is 1. The van der Waals surface area contributed by atoms with Gasteiger partial charge in [0.2, 0.25) is 0 Å². The summed E-state index contributed by atoms with van der Waals surface area (Å²) in [5.74, 6) is -0.849. The number of rotatable bonds is 3. The Bertz CT molecular complexity index is 719. The number of hydrogen-bond acceptors (Lipinski definition) is 3. The molecule has 0 heterocycles. The molecule has 0 aliphatic rings. The van der Waals surface area contributed by atoms with E-state index >= 15 is 0 Å². The lowest BCUT2D eigenvalue weighted by Crippen LogP contribution is -2.17. The molecule has 4 nitrogen and oxygen atoms in total. The second kappa shape index (κ2) is 6.18. The van der Waals surface area contributed by atoms with E-state index < -0.39 is 12.3 Å². The van der Waals surface area contributed by atoms with Gasteiger partial charge in [-0.3, -0.25) is 4.79 Å². The van der Waals surface area contributed by atoms with Gasteiger partial charge in [-0.05, 0) is 42.5 Å². The third kappa shape index (κ3) is 4.24. The minimum Gasteiger partial charge on any atom is -0.406 e. The fourth-order valence-electron chi connectivity index (χ4n) is 1.67. The highest BCUT2D eigenvalue weighted by atomic mass is 19.4. The zero-order valence-electron chi connectivity index (χ0n) is 11.0. The number of hydrogen-bond donors (Lipinski definition) is 1. The van der Waals surface area contributed by atoms with Gasteiger partial charge in [0.25, 0.3) is 5.91 Å². The quantitative estimate of drug-likeness (QED) is 0.940. The van der Waals surface area contributed by atoms with Crippen LogP contribution < -0.4 is 10.1 Å². The van der Waals surface area contributed by atoms with E-state index in [1.54, 1.807) is 12.1 Å². The molecule has 0 aromatic heterocycles. The Morgan fingerprint density at radius 1 is 1.14 bits per heavy atom. The molecule has 0 radical (unpaired) electrons. The van der Waals surface area contributed by atoms with Crippen LogP contribution in [0.3, 0.4) is 0 Å². The normalized spacial score (nSPS) is 10.6. The van der Waals surface area contributed by atoms with Gasteiger partial charge in [0.05, 0.1) is 11.6 Å². The zero-order chi connectivity index (χ0) is 16.2. The predicted octanol–water partition coefficient (Wildman–Crippen LogP) is 3.71. The molecule has 0 fully saturated rings. The Morgan fingerprint density at radius 3 is 2.41 bits per heavy atom. The lowest BCUT2D eigenvalue weighted by atomic mass is 10.1. The Hall–Kier alpha value is -3.01. The Balaban J connectivity index is 2.07. The van der Waals surface area contributed by atoms with Gasteiger partial charge in [-0.2, -0.15) is 5.26 Å². The van der Waals surface area contributed by atoms with Crippen LogP contribution in [0.4, 0.5) is 18.9 Å². The number of ether oxygens (including phenoxy) is 1. The summed E-state index contributed by atoms with van der Waals surface area (Å²) in [6, 6.07) is 12.7. The van der Waals surface area contributed by atoms with Gasteiger partial charge in [-0.1, -0.05) is 6.07 Å². The first kappa shape index (κ1) is 15.4. The number of benzene rings is 2. The molecule has 0 aliphatic heterocycles. The van der Waals surface area contributed by atoms with Crippen molar-refractivity contribution in [2.24, 2.45) is 0 Å². The molecule has 0 atom stereocenters. The maximum atomic E-state index is 12.0. The van der Waals surface area contributed by atoms with Crippen LogP contribution in [0.15, 0.2) is 48.5 Å². The van der Waals surface area contributed by atoms with Crippen LogP contribution in [0.1, 0.15) is 15.9 Å². The van der Waals surface area contributed by atoms with Crippen LogP contribution in [0.2, 0.25) is 0 Å². The predicted molar refractivity (Wildman–Crippen MR) is 72.2 cm³/mol. The Labute approximate surface area is 123 Å². The SMILES string of the molecule is N#Cc1cccc(C(=O)Nc2ccc(OC(F)(F)F)cc2)c1. The summed E-state index contributed by atoms with van der Waals surface area (Å²) < 4.78 is 39.8. The van der Waals surface area contributed by atoms with E-state index in [-0.39, 0.29) is 11.3 Å². The lowest BCUT2D eigenvalue weighted by molar-refractivity contribution is -0.274. The highest BCUT2D eigenvalue weighted by Gasteiger charge is 2.30. The van der Waals surface area contributed by atoms with Crippen LogP contribution in [-0.4, -0.2) is 12.3 Å². The molecule has 2 rings (SSSR count). The number of anilines is 1. The minimum atomic E-state index is -4.76. The number of nitriles is 1. The molecular weight excluding hydrogens is 297 g/mol. The molecule has 0 unspecified atom stereocenters. The second-order valence-electron chi connectivity index (χ2n) is 4.22. The number of alkyl halides is 3. The molecule has 2 aromatic rings. The van der Waals surface area contributed by atoms with E-state index in [2.05, 4.69) is 10.1 Å². The average molecular weight is 306 g/mol. The highest BCUT2D eigenvalue weighted by molar-refractivity contribution is 6.04. The largest absolute Gasteiger partial charge is 0.573 e. The van der Waals surface area contributed by atoms with Gasteiger partial charge in [0.1, 0.15) is 5.75 Å².